The molecule has 1 aliphatic heterocycles. The summed E-state index contributed by atoms with van der Waals surface area (Å²) in [6, 6.07) is 15.1. The lowest BCUT2D eigenvalue weighted by molar-refractivity contribution is -0.163. The van der Waals surface area contributed by atoms with Crippen LogP contribution < -0.4 is 0 Å². The van der Waals surface area contributed by atoms with Crippen LogP contribution in [0.4, 0.5) is 0 Å². The van der Waals surface area contributed by atoms with Crippen molar-refractivity contribution < 1.29 is 19.1 Å². The van der Waals surface area contributed by atoms with Crippen LogP contribution in [0.3, 0.4) is 0 Å². The molecular weight excluding hydrogens is 461 g/mol. The van der Waals surface area contributed by atoms with Crippen LogP contribution in [0.1, 0.15) is 47.9 Å². The highest BCUT2D eigenvalue weighted by Crippen LogP contribution is 2.61. The lowest BCUT2D eigenvalue weighted by Crippen LogP contribution is -2.50. The van der Waals surface area contributed by atoms with E-state index in [0.29, 0.717) is 0 Å². The number of esters is 1. The molecule has 1 saturated heterocycles. The predicted molar refractivity (Wildman–Crippen MR) is 125 cm³/mol. The van der Waals surface area contributed by atoms with E-state index < -0.39 is 30.0 Å². The fourth-order valence-electron chi connectivity index (χ4n) is 5.99. The van der Waals surface area contributed by atoms with Gasteiger partial charge in [0, 0.05) is 11.8 Å². The fraction of sp³-hybridized carbons (Fsp3) is 0.423. The van der Waals surface area contributed by atoms with Gasteiger partial charge in [0.05, 0.1) is 23.6 Å². The van der Waals surface area contributed by atoms with Crippen molar-refractivity contribution in [3.05, 3.63) is 70.8 Å². The Bertz CT molecular complexity index is 1010. The average molecular weight is 486 g/mol. The van der Waals surface area contributed by atoms with E-state index in [2.05, 4.69) is 24.3 Å². The van der Waals surface area contributed by atoms with Crippen molar-refractivity contribution in [2.24, 2.45) is 17.8 Å². The highest BCUT2D eigenvalue weighted by atomic mass is 35.5. The lowest BCUT2D eigenvalue weighted by atomic mass is 9.55. The van der Waals surface area contributed by atoms with E-state index >= 15 is 0 Å². The van der Waals surface area contributed by atoms with Crippen molar-refractivity contribution in [1.29, 1.82) is 0 Å². The van der Waals surface area contributed by atoms with Crippen LogP contribution in [-0.4, -0.2) is 46.6 Å². The molecule has 2 bridgehead atoms. The summed E-state index contributed by atoms with van der Waals surface area (Å²) in [6.45, 7) is 3.62. The van der Waals surface area contributed by atoms with Gasteiger partial charge in [-0.1, -0.05) is 62.4 Å². The van der Waals surface area contributed by atoms with Crippen molar-refractivity contribution in [2.75, 3.05) is 11.8 Å². The highest BCUT2D eigenvalue weighted by Gasteiger charge is 2.63. The summed E-state index contributed by atoms with van der Waals surface area (Å²) in [6.07, 6.45) is -0.679. The van der Waals surface area contributed by atoms with Crippen LogP contribution in [0, 0.1) is 17.8 Å². The van der Waals surface area contributed by atoms with Gasteiger partial charge < -0.3 is 4.74 Å². The number of likely N-dealkylation sites (tertiary alicyclic amines) is 1. The Morgan fingerprint density at radius 3 is 1.58 bits per heavy atom. The van der Waals surface area contributed by atoms with Gasteiger partial charge in [-0.05, 0) is 28.2 Å². The molecule has 5 nitrogen and oxygen atoms in total. The molecule has 0 N–H and O–H groups in total. The van der Waals surface area contributed by atoms with Crippen molar-refractivity contribution in [3.63, 3.8) is 0 Å². The molecule has 33 heavy (non-hydrogen) atoms. The maximum absolute atomic E-state index is 13.9. The Labute approximate surface area is 203 Å². The molecule has 6 rings (SSSR count). The molecule has 7 heteroatoms. The maximum atomic E-state index is 13.9. The van der Waals surface area contributed by atoms with Crippen molar-refractivity contribution in [2.45, 2.75) is 37.8 Å². The maximum Gasteiger partial charge on any atom is 0.329 e. The molecule has 0 aromatic heterocycles. The Morgan fingerprint density at radius 1 is 0.848 bits per heavy atom. The molecular formula is C26H25Cl2NO4. The zero-order valence-electron chi connectivity index (χ0n) is 18.4. The summed E-state index contributed by atoms with van der Waals surface area (Å²) in [4.78, 5) is 42.1. The van der Waals surface area contributed by atoms with Gasteiger partial charge in [-0.25, -0.2) is 4.79 Å². The van der Waals surface area contributed by atoms with Crippen LogP contribution in [0.15, 0.2) is 48.5 Å². The Morgan fingerprint density at radius 2 is 1.24 bits per heavy atom. The number of ether oxygens (including phenoxy) is 1. The number of amides is 2. The molecule has 0 unspecified atom stereocenters. The van der Waals surface area contributed by atoms with E-state index in [-0.39, 0.29) is 41.3 Å². The van der Waals surface area contributed by atoms with Crippen LogP contribution in [0.5, 0.6) is 0 Å². The van der Waals surface area contributed by atoms with Gasteiger partial charge in [-0.15, -0.1) is 23.2 Å². The van der Waals surface area contributed by atoms with Crippen LogP contribution >= 0.6 is 23.2 Å². The van der Waals surface area contributed by atoms with Gasteiger partial charge in [0.25, 0.3) is 0 Å². The second kappa shape index (κ2) is 8.44. The highest BCUT2D eigenvalue weighted by molar-refractivity contribution is 6.21. The first-order valence-corrected chi connectivity index (χ1v) is 12.3. The van der Waals surface area contributed by atoms with Gasteiger partial charge in [-0.3, -0.25) is 14.5 Å². The van der Waals surface area contributed by atoms with Gasteiger partial charge in [0.2, 0.25) is 11.8 Å². The number of benzene rings is 2. The molecule has 2 aromatic carbocycles. The van der Waals surface area contributed by atoms with Gasteiger partial charge in [-0.2, -0.15) is 0 Å². The van der Waals surface area contributed by atoms with E-state index in [1.165, 1.54) is 4.90 Å². The molecule has 3 aliphatic carbocycles. The molecule has 1 heterocycles. The lowest BCUT2D eigenvalue weighted by Gasteiger charge is -2.45. The third kappa shape index (κ3) is 3.23. The summed E-state index contributed by atoms with van der Waals surface area (Å²) < 4.78 is 5.48. The smallest absolute Gasteiger partial charge is 0.329 e. The van der Waals surface area contributed by atoms with Crippen molar-refractivity contribution in [3.8, 4) is 0 Å². The topological polar surface area (TPSA) is 63.7 Å². The zero-order chi connectivity index (χ0) is 23.4. The monoisotopic (exact) mass is 485 g/mol. The number of nitrogens with zero attached hydrogens (tertiary/aromatic N) is 1. The minimum absolute atomic E-state index is 0.0436. The third-order valence-electron chi connectivity index (χ3n) is 7.26. The number of halogens is 2. The summed E-state index contributed by atoms with van der Waals surface area (Å²) in [5, 5.41) is 0. The quantitative estimate of drug-likeness (QED) is 0.347. The third-order valence-corrected chi connectivity index (χ3v) is 7.95. The first-order valence-electron chi connectivity index (χ1n) is 11.3. The number of hydrogen-bond donors (Lipinski definition) is 0. The summed E-state index contributed by atoms with van der Waals surface area (Å²) in [7, 11) is 0. The number of imide groups is 1. The molecule has 2 aromatic rings. The Kier molecular flexibility index (Phi) is 5.74. The van der Waals surface area contributed by atoms with Gasteiger partial charge in [0.1, 0.15) is 12.1 Å². The van der Waals surface area contributed by atoms with Crippen molar-refractivity contribution in [1.82, 2.24) is 4.90 Å². The van der Waals surface area contributed by atoms with E-state index in [4.69, 9.17) is 27.9 Å². The Hall–Kier alpha value is -2.37. The van der Waals surface area contributed by atoms with E-state index in [1.807, 2.05) is 38.1 Å². The summed E-state index contributed by atoms with van der Waals surface area (Å²) in [5.41, 5.74) is 4.38. The minimum Gasteiger partial charge on any atom is -0.458 e. The van der Waals surface area contributed by atoms with E-state index in [0.717, 1.165) is 22.3 Å². The first-order chi connectivity index (χ1) is 15.9. The zero-order valence-corrected chi connectivity index (χ0v) is 19.9. The molecule has 0 saturated carbocycles. The van der Waals surface area contributed by atoms with Crippen LogP contribution in [0.2, 0.25) is 0 Å². The van der Waals surface area contributed by atoms with E-state index in [9.17, 15) is 14.4 Å². The largest absolute Gasteiger partial charge is 0.458 e. The number of carbonyl (C=O) groups excluding carboxylic acids is 3. The molecule has 4 aliphatic rings. The fourth-order valence-corrected chi connectivity index (χ4v) is 6.44. The average Bonchev–Trinajstić information content (AvgIpc) is 3.08. The predicted octanol–water partition coefficient (Wildman–Crippen LogP) is 4.29. The second-order valence-electron chi connectivity index (χ2n) is 9.37. The van der Waals surface area contributed by atoms with Crippen LogP contribution in [-0.2, 0) is 19.1 Å². The molecule has 172 valence electrons. The summed E-state index contributed by atoms with van der Waals surface area (Å²) in [5.74, 6) is -2.95. The molecule has 0 spiro atoms. The van der Waals surface area contributed by atoms with E-state index in [1.54, 1.807) is 0 Å². The number of carbonyl (C=O) groups is 3. The molecule has 0 radical (unpaired) electrons. The number of hydrogen-bond acceptors (Lipinski definition) is 4. The van der Waals surface area contributed by atoms with Crippen LogP contribution in [0.25, 0.3) is 0 Å². The normalized spacial score (nSPS) is 25.8. The standard InChI is InChI=1S/C26H25Cl2NO4/c1-13(2)23(26(32)33-14(11-27)12-28)29-24(30)21-19-15-7-3-4-8-16(15)20(22(21)25(29)31)18-10-6-5-9-17(18)19/h3-10,13-14,19-23H,11-12H2,1-2H3/t19?,20?,21-,22-,23-/m0/s1. The molecule has 1 fully saturated rings. The first kappa shape index (κ1) is 22.4. The number of alkyl halides is 2. The molecule has 3 atom stereocenters. The second-order valence-corrected chi connectivity index (χ2v) is 9.98. The van der Waals surface area contributed by atoms with Gasteiger partial charge in [0.15, 0.2) is 0 Å². The summed E-state index contributed by atoms with van der Waals surface area (Å²) >= 11 is 11.7. The SMILES string of the molecule is CC(C)[C@@H](C(=O)OC(CCl)CCl)N1C(=O)[C@H]2C3c4ccccc4C(c4ccccc43)[C@@H]2C1=O. The Balaban J connectivity index is 1.59. The molecule has 2 amide bonds. The van der Waals surface area contributed by atoms with Gasteiger partial charge >= 0.3 is 5.97 Å². The minimum atomic E-state index is -1.02. The van der Waals surface area contributed by atoms with Crippen molar-refractivity contribution >= 4 is 41.0 Å². The number of rotatable bonds is 6.